The molecule has 25 heavy (non-hydrogen) atoms. The standard InChI is InChI=1S/C16H15N5O3S/c1-11-4-6-12(7-5-11)17-14(22)10-24-15(23)9-21-19-16(18-20-21)13-3-2-8-25-13/h2-8H,9-10H2,1H3,(H,17,22). The Hall–Kier alpha value is -3.07. The highest BCUT2D eigenvalue weighted by Crippen LogP contribution is 2.19. The monoisotopic (exact) mass is 357 g/mol. The number of ether oxygens (including phenoxy) is 1. The van der Waals surface area contributed by atoms with Crippen LogP contribution in [0, 0.1) is 6.92 Å². The third kappa shape index (κ3) is 4.70. The van der Waals surface area contributed by atoms with E-state index in [-0.39, 0.29) is 13.2 Å². The van der Waals surface area contributed by atoms with Crippen molar-refractivity contribution in [3.05, 3.63) is 47.3 Å². The quantitative estimate of drug-likeness (QED) is 0.677. The molecule has 1 amide bonds. The number of aromatic nitrogens is 4. The van der Waals surface area contributed by atoms with E-state index in [4.69, 9.17) is 4.74 Å². The number of amides is 1. The molecular weight excluding hydrogens is 342 g/mol. The number of hydrogen-bond donors (Lipinski definition) is 1. The summed E-state index contributed by atoms with van der Waals surface area (Å²) < 4.78 is 4.93. The van der Waals surface area contributed by atoms with Crippen molar-refractivity contribution in [3.8, 4) is 10.7 Å². The lowest BCUT2D eigenvalue weighted by Gasteiger charge is -2.06. The number of hydrogen-bond acceptors (Lipinski definition) is 7. The molecule has 0 fully saturated rings. The van der Waals surface area contributed by atoms with Crippen molar-refractivity contribution in [2.24, 2.45) is 0 Å². The summed E-state index contributed by atoms with van der Waals surface area (Å²) in [4.78, 5) is 25.6. The first-order chi connectivity index (χ1) is 12.1. The molecule has 1 aromatic carbocycles. The normalized spacial score (nSPS) is 10.4. The molecule has 0 saturated heterocycles. The number of carbonyl (C=O) groups excluding carboxylic acids is 2. The first-order valence-corrected chi connectivity index (χ1v) is 8.32. The number of nitrogens with zero attached hydrogens (tertiary/aromatic N) is 4. The van der Waals surface area contributed by atoms with Crippen LogP contribution in [0.25, 0.3) is 10.7 Å². The van der Waals surface area contributed by atoms with Gasteiger partial charge < -0.3 is 10.1 Å². The SMILES string of the molecule is Cc1ccc(NC(=O)COC(=O)Cn2nnc(-c3cccs3)n2)cc1. The first kappa shape index (κ1) is 16.8. The summed E-state index contributed by atoms with van der Waals surface area (Å²) in [5, 5.41) is 16.3. The number of anilines is 1. The van der Waals surface area contributed by atoms with E-state index in [0.29, 0.717) is 11.5 Å². The Labute approximate surface area is 147 Å². The van der Waals surface area contributed by atoms with Gasteiger partial charge in [0.05, 0.1) is 4.88 Å². The molecule has 3 rings (SSSR count). The van der Waals surface area contributed by atoms with Gasteiger partial charge in [0.15, 0.2) is 13.2 Å². The molecule has 2 heterocycles. The number of rotatable bonds is 6. The van der Waals surface area contributed by atoms with E-state index in [9.17, 15) is 9.59 Å². The van der Waals surface area contributed by atoms with E-state index < -0.39 is 11.9 Å². The maximum absolute atomic E-state index is 11.8. The second-order valence-corrected chi connectivity index (χ2v) is 6.14. The molecule has 0 spiro atoms. The van der Waals surface area contributed by atoms with Gasteiger partial charge >= 0.3 is 5.97 Å². The molecule has 0 aliphatic rings. The van der Waals surface area contributed by atoms with Crippen molar-refractivity contribution in [2.45, 2.75) is 13.5 Å². The maximum Gasteiger partial charge on any atom is 0.330 e. The number of carbonyl (C=O) groups is 2. The van der Waals surface area contributed by atoms with Crippen LogP contribution in [0.3, 0.4) is 0 Å². The minimum Gasteiger partial charge on any atom is -0.454 e. The van der Waals surface area contributed by atoms with Gasteiger partial charge in [-0.2, -0.15) is 4.80 Å². The molecule has 0 atom stereocenters. The summed E-state index contributed by atoms with van der Waals surface area (Å²) >= 11 is 1.48. The van der Waals surface area contributed by atoms with E-state index in [1.165, 1.54) is 11.3 Å². The second kappa shape index (κ2) is 7.67. The second-order valence-electron chi connectivity index (χ2n) is 5.20. The lowest BCUT2D eigenvalue weighted by molar-refractivity contribution is -0.148. The van der Waals surface area contributed by atoms with Crippen molar-refractivity contribution in [1.29, 1.82) is 0 Å². The number of benzene rings is 1. The zero-order valence-corrected chi connectivity index (χ0v) is 14.2. The molecule has 128 valence electrons. The number of aryl methyl sites for hydroxylation is 1. The van der Waals surface area contributed by atoms with E-state index in [2.05, 4.69) is 20.7 Å². The highest BCUT2D eigenvalue weighted by atomic mass is 32.1. The molecule has 9 heteroatoms. The van der Waals surface area contributed by atoms with Crippen LogP contribution in [0.4, 0.5) is 5.69 Å². The predicted octanol–water partition coefficient (Wildman–Crippen LogP) is 1.89. The molecule has 0 aliphatic carbocycles. The zero-order chi connectivity index (χ0) is 17.6. The Kier molecular flexibility index (Phi) is 5.14. The van der Waals surface area contributed by atoms with Crippen LogP contribution in [0.5, 0.6) is 0 Å². The fourth-order valence-electron chi connectivity index (χ4n) is 1.96. The Morgan fingerprint density at radius 3 is 2.76 bits per heavy atom. The Morgan fingerprint density at radius 2 is 2.04 bits per heavy atom. The molecule has 0 bridgehead atoms. The molecule has 2 aromatic heterocycles. The average Bonchev–Trinajstić information content (AvgIpc) is 3.26. The van der Waals surface area contributed by atoms with Crippen molar-refractivity contribution in [3.63, 3.8) is 0 Å². The molecule has 0 aliphatic heterocycles. The third-order valence-electron chi connectivity index (χ3n) is 3.16. The lowest BCUT2D eigenvalue weighted by atomic mass is 10.2. The molecule has 8 nitrogen and oxygen atoms in total. The van der Waals surface area contributed by atoms with Crippen molar-refractivity contribution < 1.29 is 14.3 Å². The van der Waals surface area contributed by atoms with Gasteiger partial charge in [-0.05, 0) is 35.7 Å². The van der Waals surface area contributed by atoms with Crippen LogP contribution in [-0.2, 0) is 20.9 Å². The van der Waals surface area contributed by atoms with Crippen molar-refractivity contribution in [2.75, 3.05) is 11.9 Å². The summed E-state index contributed by atoms with van der Waals surface area (Å²) in [6.45, 7) is 1.37. The fraction of sp³-hybridized carbons (Fsp3) is 0.188. The van der Waals surface area contributed by atoms with Crippen LogP contribution < -0.4 is 5.32 Å². The fourth-order valence-corrected chi connectivity index (χ4v) is 2.60. The van der Waals surface area contributed by atoms with E-state index in [1.807, 2.05) is 36.6 Å². The molecular formula is C16H15N5O3S. The van der Waals surface area contributed by atoms with Gasteiger partial charge in [-0.1, -0.05) is 23.8 Å². The Morgan fingerprint density at radius 1 is 1.24 bits per heavy atom. The molecule has 0 saturated carbocycles. The van der Waals surface area contributed by atoms with Gasteiger partial charge in [0, 0.05) is 5.69 Å². The number of nitrogens with one attached hydrogen (secondary N) is 1. The van der Waals surface area contributed by atoms with Crippen LogP contribution >= 0.6 is 11.3 Å². The van der Waals surface area contributed by atoms with Crippen LogP contribution in [0.15, 0.2) is 41.8 Å². The summed E-state index contributed by atoms with van der Waals surface area (Å²) in [5.74, 6) is -0.586. The summed E-state index contributed by atoms with van der Waals surface area (Å²) in [7, 11) is 0. The van der Waals surface area contributed by atoms with E-state index in [1.54, 1.807) is 12.1 Å². The minimum absolute atomic E-state index is 0.212. The summed E-state index contributed by atoms with van der Waals surface area (Å²) in [5.41, 5.74) is 1.73. The largest absolute Gasteiger partial charge is 0.454 e. The van der Waals surface area contributed by atoms with Crippen LogP contribution in [-0.4, -0.2) is 38.7 Å². The predicted molar refractivity (Wildman–Crippen MR) is 91.9 cm³/mol. The highest BCUT2D eigenvalue weighted by Gasteiger charge is 2.12. The van der Waals surface area contributed by atoms with Gasteiger partial charge in [-0.15, -0.1) is 21.5 Å². The van der Waals surface area contributed by atoms with Crippen LogP contribution in [0.1, 0.15) is 5.56 Å². The number of esters is 1. The lowest BCUT2D eigenvalue weighted by Crippen LogP contribution is -2.23. The topological polar surface area (TPSA) is 99.0 Å². The van der Waals surface area contributed by atoms with Gasteiger partial charge in [0.1, 0.15) is 0 Å². The van der Waals surface area contributed by atoms with Crippen LogP contribution in [0.2, 0.25) is 0 Å². The molecule has 0 radical (unpaired) electrons. The number of thiophene rings is 1. The summed E-state index contributed by atoms with van der Waals surface area (Å²) in [6.07, 6.45) is 0. The van der Waals surface area contributed by atoms with E-state index in [0.717, 1.165) is 15.2 Å². The van der Waals surface area contributed by atoms with E-state index >= 15 is 0 Å². The first-order valence-electron chi connectivity index (χ1n) is 7.44. The Balaban J connectivity index is 1.46. The zero-order valence-electron chi connectivity index (χ0n) is 13.4. The highest BCUT2D eigenvalue weighted by molar-refractivity contribution is 7.13. The van der Waals surface area contributed by atoms with Gasteiger partial charge in [0.2, 0.25) is 5.82 Å². The molecule has 1 N–H and O–H groups in total. The van der Waals surface area contributed by atoms with Gasteiger partial charge in [0.25, 0.3) is 5.91 Å². The maximum atomic E-state index is 11.8. The molecule has 3 aromatic rings. The Bertz CT molecular complexity index is 858. The van der Waals surface area contributed by atoms with Gasteiger partial charge in [-0.25, -0.2) is 4.79 Å². The van der Waals surface area contributed by atoms with Crippen molar-refractivity contribution in [1.82, 2.24) is 20.2 Å². The van der Waals surface area contributed by atoms with Crippen molar-refractivity contribution >= 4 is 28.9 Å². The van der Waals surface area contributed by atoms with Gasteiger partial charge in [-0.3, -0.25) is 4.79 Å². The number of tetrazole rings is 1. The average molecular weight is 357 g/mol. The third-order valence-corrected chi connectivity index (χ3v) is 4.03. The summed E-state index contributed by atoms with van der Waals surface area (Å²) in [6, 6.07) is 11.1. The minimum atomic E-state index is -0.616. The smallest absolute Gasteiger partial charge is 0.330 e. The molecule has 0 unspecified atom stereocenters.